The Morgan fingerprint density at radius 3 is 2.30 bits per heavy atom. The lowest BCUT2D eigenvalue weighted by Crippen LogP contribution is -2.60. The second-order valence-corrected chi connectivity index (χ2v) is 14.1. The maximum Gasteiger partial charge on any atom is 0.407 e. The summed E-state index contributed by atoms with van der Waals surface area (Å²) in [4.78, 5) is 80.9. The van der Waals surface area contributed by atoms with Crippen molar-refractivity contribution in [3.63, 3.8) is 0 Å². The molecule has 1 aromatic rings. The number of nitrogens with zero attached hydrogens (tertiary/aromatic N) is 1. The van der Waals surface area contributed by atoms with Gasteiger partial charge in [0.2, 0.25) is 17.6 Å². The molecular weight excluding hydrogens is 640 g/mol. The van der Waals surface area contributed by atoms with Gasteiger partial charge in [-0.05, 0) is 61.0 Å². The first kappa shape index (κ1) is 39.6. The molecule has 1 aromatic carbocycles. The first-order valence-electron chi connectivity index (χ1n) is 17.2. The maximum atomic E-state index is 14.5. The predicted molar refractivity (Wildman–Crippen MR) is 189 cm³/mol. The standard InChI is InChI=1S/C37H52N6O7/c1-8-11-16-27(31(44)33(46)39-17-9-2)40-32(45)28-18-23(4)21-43(28)34(47)30(26-19-24-14-12-13-15-25(24)20-26)42-35(48)41-29(37(5,6)7)22-50-36(49)38-10-3/h1,9,12-15,23,26-30H,2,10-11,16-22H2,3-7H3,(H,38,49)(H,39,46)(H,40,45)(H2,41,42,48)/t23-,27?,28?,29-,30?/m1/s1. The van der Waals surface area contributed by atoms with Crippen molar-refractivity contribution >= 4 is 35.6 Å². The third-order valence-electron chi connectivity index (χ3n) is 9.10. The van der Waals surface area contributed by atoms with Gasteiger partial charge in [0, 0.05) is 26.1 Å². The summed E-state index contributed by atoms with van der Waals surface area (Å²) in [5.74, 6) is -0.650. The number of nitrogens with one attached hydrogen (secondary N) is 5. The minimum Gasteiger partial charge on any atom is -0.447 e. The van der Waals surface area contributed by atoms with E-state index in [4.69, 9.17) is 11.2 Å². The Bertz CT molecular complexity index is 1440. The number of hydrogen-bond acceptors (Lipinski definition) is 7. The average Bonchev–Trinajstić information content (AvgIpc) is 3.68. The number of likely N-dealkylation sites (tertiary alicyclic amines) is 1. The lowest BCUT2D eigenvalue weighted by molar-refractivity contribution is -0.143. The summed E-state index contributed by atoms with van der Waals surface area (Å²) in [6, 6.07) is 3.52. The van der Waals surface area contributed by atoms with E-state index in [0.29, 0.717) is 25.8 Å². The summed E-state index contributed by atoms with van der Waals surface area (Å²) in [5.41, 5.74) is 1.65. The van der Waals surface area contributed by atoms with Crippen molar-refractivity contribution in [2.75, 3.05) is 26.2 Å². The van der Waals surface area contributed by atoms with Crippen LogP contribution in [0.3, 0.4) is 0 Å². The maximum absolute atomic E-state index is 14.5. The van der Waals surface area contributed by atoms with E-state index in [1.165, 1.54) is 11.0 Å². The highest BCUT2D eigenvalue weighted by Crippen LogP contribution is 2.32. The van der Waals surface area contributed by atoms with Gasteiger partial charge in [-0.15, -0.1) is 18.9 Å². The molecule has 1 aliphatic carbocycles. The monoisotopic (exact) mass is 692 g/mol. The van der Waals surface area contributed by atoms with E-state index in [0.717, 1.165) is 11.1 Å². The number of ether oxygens (including phenoxy) is 1. The number of fused-ring (bicyclic) bond motifs is 1. The van der Waals surface area contributed by atoms with Crippen LogP contribution < -0.4 is 26.6 Å². The summed E-state index contributed by atoms with van der Waals surface area (Å²) in [7, 11) is 0. The Labute approximate surface area is 295 Å². The van der Waals surface area contributed by atoms with Gasteiger partial charge in [-0.25, -0.2) is 9.59 Å². The van der Waals surface area contributed by atoms with Crippen LogP contribution in [0.15, 0.2) is 36.9 Å². The number of amides is 6. The molecule has 1 aliphatic heterocycles. The van der Waals surface area contributed by atoms with E-state index in [1.807, 2.05) is 52.0 Å². The van der Waals surface area contributed by atoms with Crippen LogP contribution in [-0.4, -0.2) is 90.9 Å². The fraction of sp³-hybridized carbons (Fsp3) is 0.568. The number of alkyl carbamates (subject to hydrolysis) is 1. The molecule has 0 radical (unpaired) electrons. The quantitative estimate of drug-likeness (QED) is 0.106. The van der Waals surface area contributed by atoms with Crippen LogP contribution in [0.5, 0.6) is 0 Å². The van der Waals surface area contributed by atoms with Crippen LogP contribution in [0.4, 0.5) is 9.59 Å². The van der Waals surface area contributed by atoms with Crippen molar-refractivity contribution < 1.29 is 33.5 Å². The Morgan fingerprint density at radius 2 is 1.72 bits per heavy atom. The molecule has 5 atom stereocenters. The molecule has 272 valence electrons. The minimum absolute atomic E-state index is 0.0439. The van der Waals surface area contributed by atoms with Gasteiger partial charge in [-0.2, -0.15) is 0 Å². The third kappa shape index (κ3) is 10.8. The molecule has 0 bridgehead atoms. The first-order valence-corrected chi connectivity index (χ1v) is 17.2. The largest absolute Gasteiger partial charge is 0.447 e. The molecule has 13 heteroatoms. The molecule has 13 nitrogen and oxygen atoms in total. The molecule has 1 fully saturated rings. The molecule has 3 unspecified atom stereocenters. The zero-order chi connectivity index (χ0) is 37.0. The molecule has 50 heavy (non-hydrogen) atoms. The lowest BCUT2D eigenvalue weighted by Gasteiger charge is -2.34. The minimum atomic E-state index is -1.18. The highest BCUT2D eigenvalue weighted by molar-refractivity contribution is 6.38. The molecule has 6 amide bonds. The molecule has 0 saturated carbocycles. The predicted octanol–water partition coefficient (Wildman–Crippen LogP) is 2.24. The number of benzene rings is 1. The summed E-state index contributed by atoms with van der Waals surface area (Å²) < 4.78 is 5.33. The summed E-state index contributed by atoms with van der Waals surface area (Å²) in [6.07, 6.45) is 7.84. The number of ketones is 1. The van der Waals surface area contributed by atoms with Gasteiger partial charge in [-0.3, -0.25) is 19.2 Å². The molecule has 3 rings (SSSR count). The van der Waals surface area contributed by atoms with Crippen LogP contribution in [-0.2, 0) is 36.8 Å². The van der Waals surface area contributed by atoms with Crippen LogP contribution in [0.25, 0.3) is 0 Å². The van der Waals surface area contributed by atoms with Crippen LogP contribution in [0.1, 0.15) is 65.0 Å². The normalized spacial score (nSPS) is 18.8. The smallest absolute Gasteiger partial charge is 0.407 e. The van der Waals surface area contributed by atoms with Gasteiger partial charge in [0.1, 0.15) is 18.7 Å². The Hall–Kier alpha value is -4.86. The van der Waals surface area contributed by atoms with Gasteiger partial charge >= 0.3 is 12.1 Å². The molecule has 0 spiro atoms. The number of carbonyl (C=O) groups is 6. The Morgan fingerprint density at radius 1 is 1.06 bits per heavy atom. The van der Waals surface area contributed by atoms with E-state index < -0.39 is 65.2 Å². The van der Waals surface area contributed by atoms with Crippen LogP contribution in [0, 0.1) is 29.6 Å². The van der Waals surface area contributed by atoms with Crippen molar-refractivity contribution in [2.24, 2.45) is 17.3 Å². The zero-order valence-electron chi connectivity index (χ0n) is 29.8. The van der Waals surface area contributed by atoms with Gasteiger partial charge in [0.25, 0.3) is 5.91 Å². The number of carbonyl (C=O) groups excluding carboxylic acids is 6. The second kappa shape index (κ2) is 18.2. The van der Waals surface area contributed by atoms with Crippen molar-refractivity contribution in [1.82, 2.24) is 31.5 Å². The number of rotatable bonds is 15. The van der Waals surface area contributed by atoms with E-state index in [2.05, 4.69) is 39.1 Å². The SMILES string of the molecule is C#CCCC(NC(=O)C1C[C@@H](C)CN1C(=O)C(NC(=O)N[C@H](COC(=O)NCC)C(C)(C)C)C1Cc2ccccc2C1)C(=O)C(=O)NCC=C. The summed E-state index contributed by atoms with van der Waals surface area (Å²) in [6.45, 7) is 13.5. The molecular formula is C37H52N6O7. The fourth-order valence-electron chi connectivity index (χ4n) is 6.30. The average molecular weight is 693 g/mol. The Balaban J connectivity index is 1.85. The van der Waals surface area contributed by atoms with Gasteiger partial charge in [-0.1, -0.05) is 58.0 Å². The van der Waals surface area contributed by atoms with E-state index in [1.54, 1.807) is 6.92 Å². The fourth-order valence-corrected chi connectivity index (χ4v) is 6.30. The molecule has 1 heterocycles. The van der Waals surface area contributed by atoms with Crippen molar-refractivity contribution in [3.8, 4) is 12.3 Å². The summed E-state index contributed by atoms with van der Waals surface area (Å²) >= 11 is 0. The Kier molecular flexibility index (Phi) is 14.4. The second-order valence-electron chi connectivity index (χ2n) is 14.1. The molecule has 0 aromatic heterocycles. The topological polar surface area (TPSA) is 175 Å². The lowest BCUT2D eigenvalue weighted by atomic mass is 9.87. The van der Waals surface area contributed by atoms with Crippen LogP contribution >= 0.6 is 0 Å². The molecule has 1 saturated heterocycles. The van der Waals surface area contributed by atoms with Gasteiger partial charge in [0.15, 0.2) is 0 Å². The van der Waals surface area contributed by atoms with Crippen molar-refractivity contribution in [1.29, 1.82) is 0 Å². The highest BCUT2D eigenvalue weighted by Gasteiger charge is 2.45. The number of urea groups is 1. The van der Waals surface area contributed by atoms with E-state index in [9.17, 15) is 28.8 Å². The van der Waals surface area contributed by atoms with E-state index >= 15 is 0 Å². The van der Waals surface area contributed by atoms with Crippen molar-refractivity contribution in [2.45, 2.75) is 90.9 Å². The number of terminal acetylenes is 1. The molecule has 2 aliphatic rings. The molecule has 5 N–H and O–H groups in total. The first-order chi connectivity index (χ1) is 23.7. The number of hydrogen-bond donors (Lipinski definition) is 5. The highest BCUT2D eigenvalue weighted by atomic mass is 16.5. The van der Waals surface area contributed by atoms with E-state index in [-0.39, 0.29) is 44.4 Å². The van der Waals surface area contributed by atoms with Gasteiger partial charge < -0.3 is 36.2 Å². The number of Topliss-reactive ketones (excluding diaryl/α,β-unsaturated/α-hetero) is 1. The third-order valence-corrected chi connectivity index (χ3v) is 9.10. The summed E-state index contributed by atoms with van der Waals surface area (Å²) in [5, 5.41) is 13.5. The zero-order valence-corrected chi connectivity index (χ0v) is 29.8. The van der Waals surface area contributed by atoms with Gasteiger partial charge in [0.05, 0.1) is 12.1 Å². The van der Waals surface area contributed by atoms with Crippen molar-refractivity contribution in [3.05, 3.63) is 48.0 Å². The van der Waals surface area contributed by atoms with Crippen LogP contribution in [0.2, 0.25) is 0 Å².